The van der Waals surface area contributed by atoms with Crippen molar-refractivity contribution >= 4 is 16.7 Å². The van der Waals surface area contributed by atoms with Gasteiger partial charge in [0.25, 0.3) is 0 Å². The average molecular weight is 391 g/mol. The lowest BCUT2D eigenvalue weighted by atomic mass is 9.94. The van der Waals surface area contributed by atoms with E-state index in [1.54, 1.807) is 26.0 Å². The summed E-state index contributed by atoms with van der Waals surface area (Å²) in [6.45, 7) is 4.10. The monoisotopic (exact) mass is 391 g/mol. The zero-order valence-corrected chi connectivity index (χ0v) is 16.6. The van der Waals surface area contributed by atoms with Gasteiger partial charge >= 0.3 is 0 Å². The Bertz CT molecular complexity index is 1150. The van der Waals surface area contributed by atoms with Crippen molar-refractivity contribution in [3.05, 3.63) is 77.6 Å². The van der Waals surface area contributed by atoms with Crippen molar-refractivity contribution in [3.8, 4) is 11.1 Å². The van der Waals surface area contributed by atoms with E-state index in [9.17, 15) is 9.50 Å². The van der Waals surface area contributed by atoms with E-state index < -0.39 is 5.60 Å². The van der Waals surface area contributed by atoms with E-state index in [1.807, 2.05) is 48.3 Å². The Kier molecular flexibility index (Phi) is 4.80. The minimum Gasteiger partial charge on any atom is -0.386 e. The maximum atomic E-state index is 13.2. The Labute approximate surface area is 168 Å². The molecule has 1 aromatic heterocycles. The molecule has 0 fully saturated rings. The van der Waals surface area contributed by atoms with Crippen LogP contribution in [-0.2, 0) is 12.1 Å². The second-order valence-electron chi connectivity index (χ2n) is 7.75. The summed E-state index contributed by atoms with van der Waals surface area (Å²) in [5.74, 6) is -0.256. The van der Waals surface area contributed by atoms with Gasteiger partial charge < -0.3 is 10.0 Å². The van der Waals surface area contributed by atoms with Crippen molar-refractivity contribution in [2.75, 3.05) is 11.9 Å². The van der Waals surface area contributed by atoms with Gasteiger partial charge in [0, 0.05) is 13.6 Å². The average Bonchev–Trinajstić information content (AvgIpc) is 3.17. The number of benzene rings is 3. The van der Waals surface area contributed by atoms with Gasteiger partial charge in [0.1, 0.15) is 11.3 Å². The molecule has 0 saturated heterocycles. The number of aromatic nitrogens is 2. The first-order valence-corrected chi connectivity index (χ1v) is 9.36. The molecule has 0 unspecified atom stereocenters. The normalized spacial score (nSPS) is 11.8. The Hall–Kier alpha value is -3.25. The van der Waals surface area contributed by atoms with Crippen LogP contribution in [0.3, 0.4) is 0 Å². The molecule has 29 heavy (non-hydrogen) atoms. The van der Waals surface area contributed by atoms with Crippen LogP contribution in [-0.4, -0.2) is 22.5 Å². The first-order valence-electron chi connectivity index (χ1n) is 9.36. The predicted octanol–water partition coefficient (Wildman–Crippen LogP) is 4.89. The first-order chi connectivity index (χ1) is 13.8. The smallest absolute Gasteiger partial charge is 0.158 e. The number of hydrogen-bond donors (Lipinski definition) is 1. The van der Waals surface area contributed by atoms with Gasteiger partial charge in [-0.3, -0.25) is 0 Å². The van der Waals surface area contributed by atoms with Crippen molar-refractivity contribution < 1.29 is 14.1 Å². The van der Waals surface area contributed by atoms with Gasteiger partial charge in [-0.2, -0.15) is 0 Å². The SMILES string of the molecule is CN(Cc1ccc(F)cc1)c1cc(-c2cccc(C(C)(C)O)c2)cc2nonc12. The third-order valence-corrected chi connectivity index (χ3v) is 4.99. The van der Waals surface area contributed by atoms with E-state index in [1.165, 1.54) is 12.1 Å². The third kappa shape index (κ3) is 3.98. The Balaban J connectivity index is 1.75. The molecule has 3 aromatic carbocycles. The molecule has 0 saturated carbocycles. The number of fused-ring (bicyclic) bond motifs is 1. The largest absolute Gasteiger partial charge is 0.386 e. The molecule has 148 valence electrons. The second-order valence-corrected chi connectivity index (χ2v) is 7.75. The minimum absolute atomic E-state index is 0.256. The van der Waals surface area contributed by atoms with Crippen LogP contribution in [0.25, 0.3) is 22.2 Å². The molecule has 6 heteroatoms. The lowest BCUT2D eigenvalue weighted by Gasteiger charge is -2.21. The van der Waals surface area contributed by atoms with Crippen LogP contribution >= 0.6 is 0 Å². The fourth-order valence-corrected chi connectivity index (χ4v) is 3.36. The van der Waals surface area contributed by atoms with E-state index in [0.29, 0.717) is 17.6 Å². The molecule has 4 rings (SSSR count). The maximum absolute atomic E-state index is 13.2. The lowest BCUT2D eigenvalue weighted by molar-refractivity contribution is 0.0786. The highest BCUT2D eigenvalue weighted by Gasteiger charge is 2.18. The van der Waals surface area contributed by atoms with Gasteiger partial charge in [0.15, 0.2) is 5.52 Å². The van der Waals surface area contributed by atoms with E-state index in [2.05, 4.69) is 10.3 Å². The van der Waals surface area contributed by atoms with Gasteiger partial charge in [-0.1, -0.05) is 30.3 Å². The molecule has 0 atom stereocenters. The van der Waals surface area contributed by atoms with Crippen LogP contribution < -0.4 is 4.90 Å². The van der Waals surface area contributed by atoms with Crippen LogP contribution in [0.4, 0.5) is 10.1 Å². The van der Waals surface area contributed by atoms with E-state index in [-0.39, 0.29) is 5.82 Å². The Morgan fingerprint density at radius 1 is 1.00 bits per heavy atom. The summed E-state index contributed by atoms with van der Waals surface area (Å²) in [6, 6.07) is 18.2. The highest BCUT2D eigenvalue weighted by molar-refractivity contribution is 5.92. The van der Waals surface area contributed by atoms with Crippen molar-refractivity contribution in [1.82, 2.24) is 10.3 Å². The lowest BCUT2D eigenvalue weighted by Crippen LogP contribution is -2.17. The highest BCUT2D eigenvalue weighted by Crippen LogP contribution is 2.33. The van der Waals surface area contributed by atoms with Crippen molar-refractivity contribution in [2.45, 2.75) is 26.0 Å². The van der Waals surface area contributed by atoms with Gasteiger partial charge in [-0.25, -0.2) is 9.02 Å². The van der Waals surface area contributed by atoms with Crippen molar-refractivity contribution in [2.24, 2.45) is 0 Å². The van der Waals surface area contributed by atoms with E-state index >= 15 is 0 Å². The number of nitrogens with zero attached hydrogens (tertiary/aromatic N) is 3. The quantitative estimate of drug-likeness (QED) is 0.525. The number of hydrogen-bond acceptors (Lipinski definition) is 5. The van der Waals surface area contributed by atoms with Crippen LogP contribution in [0, 0.1) is 5.82 Å². The molecule has 5 nitrogen and oxygen atoms in total. The molecule has 0 aliphatic heterocycles. The number of halogens is 1. The summed E-state index contributed by atoms with van der Waals surface area (Å²) < 4.78 is 18.2. The highest BCUT2D eigenvalue weighted by atomic mass is 19.1. The topological polar surface area (TPSA) is 62.4 Å². The second kappa shape index (κ2) is 7.29. The fraction of sp³-hybridized carbons (Fsp3) is 0.217. The number of aliphatic hydroxyl groups is 1. The predicted molar refractivity (Wildman–Crippen MR) is 111 cm³/mol. The number of rotatable bonds is 5. The molecular weight excluding hydrogens is 369 g/mol. The van der Waals surface area contributed by atoms with Crippen LogP contribution in [0.2, 0.25) is 0 Å². The van der Waals surface area contributed by atoms with Crippen LogP contribution in [0.5, 0.6) is 0 Å². The molecule has 1 N–H and O–H groups in total. The zero-order valence-electron chi connectivity index (χ0n) is 16.6. The Morgan fingerprint density at radius 2 is 1.76 bits per heavy atom. The molecule has 1 heterocycles. The maximum Gasteiger partial charge on any atom is 0.158 e. The van der Waals surface area contributed by atoms with Gasteiger partial charge in [-0.05, 0) is 76.7 Å². The van der Waals surface area contributed by atoms with Crippen molar-refractivity contribution in [1.29, 1.82) is 0 Å². The summed E-state index contributed by atoms with van der Waals surface area (Å²) >= 11 is 0. The fourth-order valence-electron chi connectivity index (χ4n) is 3.36. The molecular formula is C23H22FN3O2. The van der Waals surface area contributed by atoms with Crippen molar-refractivity contribution in [3.63, 3.8) is 0 Å². The summed E-state index contributed by atoms with van der Waals surface area (Å²) in [5.41, 5.74) is 4.96. The molecule has 0 bridgehead atoms. The molecule has 0 amide bonds. The van der Waals surface area contributed by atoms with Gasteiger partial charge in [0.2, 0.25) is 0 Å². The standard InChI is InChI=1S/C23H22FN3O2/c1-23(2,28)18-6-4-5-16(11-18)17-12-20-22(26-29-25-20)21(13-17)27(3)14-15-7-9-19(24)10-8-15/h4-13,28H,14H2,1-3H3. The Morgan fingerprint density at radius 3 is 2.48 bits per heavy atom. The third-order valence-electron chi connectivity index (χ3n) is 4.99. The number of anilines is 1. The van der Waals surface area contributed by atoms with Gasteiger partial charge in [-0.15, -0.1) is 0 Å². The van der Waals surface area contributed by atoms with Crippen LogP contribution in [0.15, 0.2) is 65.3 Å². The van der Waals surface area contributed by atoms with E-state index in [0.717, 1.165) is 27.9 Å². The summed E-state index contributed by atoms with van der Waals surface area (Å²) in [6.07, 6.45) is 0. The first kappa shape index (κ1) is 19.1. The molecule has 0 aliphatic rings. The molecule has 0 spiro atoms. The van der Waals surface area contributed by atoms with Gasteiger partial charge in [0.05, 0.1) is 11.3 Å². The zero-order chi connectivity index (χ0) is 20.6. The molecule has 0 aliphatic carbocycles. The van der Waals surface area contributed by atoms with Crippen LogP contribution in [0.1, 0.15) is 25.0 Å². The van der Waals surface area contributed by atoms with E-state index in [4.69, 9.17) is 4.63 Å². The summed E-state index contributed by atoms with van der Waals surface area (Å²) in [5, 5.41) is 18.4. The molecule has 4 aromatic rings. The minimum atomic E-state index is -0.933. The summed E-state index contributed by atoms with van der Waals surface area (Å²) in [4.78, 5) is 2.03. The molecule has 0 radical (unpaired) electrons. The summed E-state index contributed by atoms with van der Waals surface area (Å²) in [7, 11) is 1.95.